The fourth-order valence-electron chi connectivity index (χ4n) is 1.88. The van der Waals surface area contributed by atoms with Gasteiger partial charge in [-0.1, -0.05) is 6.92 Å². The van der Waals surface area contributed by atoms with Gasteiger partial charge in [0.15, 0.2) is 0 Å². The maximum atomic E-state index is 9.08. The first-order valence-electron chi connectivity index (χ1n) is 6.19. The number of hydrogen-bond acceptors (Lipinski definition) is 4. The smallest absolute Gasteiger partial charge is 0.137 e. The van der Waals surface area contributed by atoms with Crippen LogP contribution in [0.4, 0.5) is 5.69 Å². The number of nitrogen functional groups attached to an aromatic ring is 1. The number of benzene rings is 1. The summed E-state index contributed by atoms with van der Waals surface area (Å²) in [5, 5.41) is 13.5. The van der Waals surface area contributed by atoms with Crippen molar-refractivity contribution in [1.29, 1.82) is 5.26 Å². The van der Waals surface area contributed by atoms with Crippen molar-refractivity contribution in [3.05, 3.63) is 39.6 Å². The van der Waals surface area contributed by atoms with Crippen molar-refractivity contribution < 1.29 is 4.74 Å². The summed E-state index contributed by atoms with van der Waals surface area (Å²) in [5.41, 5.74) is 8.55. The number of nitriles is 1. The van der Waals surface area contributed by atoms with Gasteiger partial charge in [0.1, 0.15) is 18.4 Å². The van der Waals surface area contributed by atoms with Gasteiger partial charge in [0.05, 0.1) is 21.4 Å². The van der Waals surface area contributed by atoms with Gasteiger partial charge in [-0.25, -0.2) is 0 Å². The zero-order valence-electron chi connectivity index (χ0n) is 11.4. The molecule has 20 heavy (non-hydrogen) atoms. The Hall–Kier alpha value is -2.00. The second-order valence-corrected chi connectivity index (χ2v) is 5.13. The summed E-state index contributed by atoms with van der Waals surface area (Å²) in [6.07, 6.45) is 0.847. The van der Waals surface area contributed by atoms with E-state index in [9.17, 15) is 0 Å². The molecule has 0 saturated carbocycles. The largest absolute Gasteiger partial charge is 0.486 e. The fraction of sp³-hybridized carbons (Fsp3) is 0.286. The Bertz CT molecular complexity index is 673. The molecule has 0 bridgehead atoms. The van der Waals surface area contributed by atoms with Crippen molar-refractivity contribution in [2.24, 2.45) is 7.05 Å². The molecule has 0 saturated heterocycles. The highest BCUT2D eigenvalue weighted by Crippen LogP contribution is 2.25. The number of ether oxygens (including phenoxy) is 1. The van der Waals surface area contributed by atoms with Gasteiger partial charge in [-0.2, -0.15) is 10.4 Å². The average molecular weight is 335 g/mol. The van der Waals surface area contributed by atoms with Crippen LogP contribution in [0.1, 0.15) is 23.9 Å². The van der Waals surface area contributed by atoms with Crippen molar-refractivity contribution in [1.82, 2.24) is 9.78 Å². The molecule has 0 radical (unpaired) electrons. The van der Waals surface area contributed by atoms with Gasteiger partial charge in [0, 0.05) is 12.7 Å². The highest BCUT2D eigenvalue weighted by Gasteiger charge is 2.13. The minimum Gasteiger partial charge on any atom is -0.486 e. The van der Waals surface area contributed by atoms with Crippen LogP contribution in [0, 0.1) is 11.3 Å². The van der Waals surface area contributed by atoms with E-state index in [2.05, 4.69) is 27.1 Å². The van der Waals surface area contributed by atoms with E-state index in [1.54, 1.807) is 22.9 Å². The molecule has 0 aliphatic heterocycles. The molecular formula is C14H15BrN4O. The second kappa shape index (κ2) is 5.97. The van der Waals surface area contributed by atoms with Gasteiger partial charge in [0.25, 0.3) is 0 Å². The van der Waals surface area contributed by atoms with Crippen LogP contribution < -0.4 is 10.5 Å². The third-order valence-electron chi connectivity index (χ3n) is 2.99. The standard InChI is InChI=1S/C14H15BrN4O/c1-3-11-14(15)12(19(2)18-11)8-20-13-5-4-10(17)6-9(13)7-16/h4-6H,3,8,17H2,1-2H3. The topological polar surface area (TPSA) is 76.9 Å². The molecule has 2 N–H and O–H groups in total. The lowest BCUT2D eigenvalue weighted by Gasteiger charge is -2.09. The third kappa shape index (κ3) is 2.78. The third-order valence-corrected chi connectivity index (χ3v) is 3.91. The normalized spacial score (nSPS) is 10.3. The molecule has 104 valence electrons. The molecule has 1 aromatic carbocycles. The SMILES string of the molecule is CCc1nn(C)c(COc2ccc(N)cc2C#N)c1Br. The predicted octanol–water partition coefficient (Wildman–Crippen LogP) is 2.78. The van der Waals surface area contributed by atoms with E-state index >= 15 is 0 Å². The van der Waals surface area contributed by atoms with E-state index in [0.29, 0.717) is 23.6 Å². The van der Waals surface area contributed by atoms with Gasteiger partial charge in [-0.3, -0.25) is 4.68 Å². The Morgan fingerprint density at radius 2 is 2.25 bits per heavy atom. The minimum absolute atomic E-state index is 0.336. The zero-order valence-corrected chi connectivity index (χ0v) is 12.9. The summed E-state index contributed by atoms with van der Waals surface area (Å²) in [7, 11) is 1.87. The van der Waals surface area contributed by atoms with E-state index in [1.165, 1.54) is 0 Å². The van der Waals surface area contributed by atoms with E-state index in [4.69, 9.17) is 15.7 Å². The van der Waals surface area contributed by atoms with Crippen LogP contribution in [0.3, 0.4) is 0 Å². The van der Waals surface area contributed by atoms with Crippen LogP contribution in [0.25, 0.3) is 0 Å². The Morgan fingerprint density at radius 1 is 1.50 bits per heavy atom. The maximum absolute atomic E-state index is 9.08. The lowest BCUT2D eigenvalue weighted by Crippen LogP contribution is -2.04. The zero-order chi connectivity index (χ0) is 14.7. The number of aromatic nitrogens is 2. The Labute approximate surface area is 126 Å². The number of halogens is 1. The molecule has 2 aromatic rings. The molecule has 0 fully saturated rings. The molecule has 0 amide bonds. The highest BCUT2D eigenvalue weighted by atomic mass is 79.9. The van der Waals surface area contributed by atoms with Crippen LogP contribution in [0.15, 0.2) is 22.7 Å². The summed E-state index contributed by atoms with van der Waals surface area (Å²) in [4.78, 5) is 0. The first kappa shape index (κ1) is 14.4. The number of anilines is 1. The molecule has 0 atom stereocenters. The van der Waals surface area contributed by atoms with Crippen LogP contribution in [-0.2, 0) is 20.1 Å². The molecule has 0 unspecified atom stereocenters. The molecular weight excluding hydrogens is 320 g/mol. The quantitative estimate of drug-likeness (QED) is 0.872. The monoisotopic (exact) mass is 334 g/mol. The number of nitrogens with zero attached hydrogens (tertiary/aromatic N) is 3. The van der Waals surface area contributed by atoms with Gasteiger partial charge in [0.2, 0.25) is 0 Å². The van der Waals surface area contributed by atoms with Gasteiger partial charge < -0.3 is 10.5 Å². The van der Waals surface area contributed by atoms with Crippen LogP contribution in [-0.4, -0.2) is 9.78 Å². The Kier molecular flexibility index (Phi) is 4.30. The summed E-state index contributed by atoms with van der Waals surface area (Å²) in [6.45, 7) is 2.38. The van der Waals surface area contributed by atoms with Crippen LogP contribution in [0.5, 0.6) is 5.75 Å². The van der Waals surface area contributed by atoms with E-state index < -0.39 is 0 Å². The maximum Gasteiger partial charge on any atom is 0.137 e. The van der Waals surface area contributed by atoms with Crippen LogP contribution >= 0.6 is 15.9 Å². The van der Waals surface area contributed by atoms with Gasteiger partial charge in [-0.15, -0.1) is 0 Å². The molecule has 0 spiro atoms. The van der Waals surface area contributed by atoms with E-state index in [-0.39, 0.29) is 0 Å². The molecule has 2 rings (SSSR count). The molecule has 1 aromatic heterocycles. The minimum atomic E-state index is 0.336. The first-order valence-corrected chi connectivity index (χ1v) is 6.98. The molecule has 1 heterocycles. The fourth-order valence-corrected chi connectivity index (χ4v) is 2.61. The number of nitrogens with two attached hydrogens (primary N) is 1. The second-order valence-electron chi connectivity index (χ2n) is 4.34. The van der Waals surface area contributed by atoms with Crippen molar-refractivity contribution in [2.75, 3.05) is 5.73 Å². The number of hydrogen-bond donors (Lipinski definition) is 1. The summed E-state index contributed by atoms with van der Waals surface area (Å²) < 4.78 is 8.46. The van der Waals surface area contributed by atoms with Gasteiger partial charge >= 0.3 is 0 Å². The molecule has 0 aliphatic rings. The summed E-state index contributed by atoms with van der Waals surface area (Å²) in [5.74, 6) is 0.521. The molecule has 6 heteroatoms. The first-order chi connectivity index (χ1) is 9.56. The Balaban J connectivity index is 2.22. The number of rotatable bonds is 4. The van der Waals surface area contributed by atoms with E-state index in [1.807, 2.05) is 14.0 Å². The van der Waals surface area contributed by atoms with Gasteiger partial charge in [-0.05, 0) is 40.5 Å². The van der Waals surface area contributed by atoms with Crippen LogP contribution in [0.2, 0.25) is 0 Å². The molecule has 0 aliphatic carbocycles. The summed E-state index contributed by atoms with van der Waals surface area (Å²) >= 11 is 3.53. The predicted molar refractivity (Wildman–Crippen MR) is 80.2 cm³/mol. The van der Waals surface area contributed by atoms with Crippen molar-refractivity contribution in [3.63, 3.8) is 0 Å². The Morgan fingerprint density at radius 3 is 2.85 bits per heavy atom. The average Bonchev–Trinajstić information content (AvgIpc) is 2.72. The van der Waals surface area contributed by atoms with Crippen molar-refractivity contribution in [2.45, 2.75) is 20.0 Å². The lowest BCUT2D eigenvalue weighted by molar-refractivity contribution is 0.293. The lowest BCUT2D eigenvalue weighted by atomic mass is 10.2. The number of aryl methyl sites for hydroxylation is 2. The highest BCUT2D eigenvalue weighted by molar-refractivity contribution is 9.10. The van der Waals surface area contributed by atoms with Crippen molar-refractivity contribution in [3.8, 4) is 11.8 Å². The molecule has 5 nitrogen and oxygen atoms in total. The summed E-state index contributed by atoms with van der Waals surface area (Å²) in [6, 6.07) is 7.10. The van der Waals surface area contributed by atoms with E-state index in [0.717, 1.165) is 22.3 Å². The van der Waals surface area contributed by atoms with Crippen molar-refractivity contribution >= 4 is 21.6 Å².